The normalized spacial score (nSPS) is 13.0. The van der Waals surface area contributed by atoms with Crippen molar-refractivity contribution >= 4 is 12.9 Å². The molecule has 0 saturated carbocycles. The van der Waals surface area contributed by atoms with Crippen LogP contribution in [0.25, 0.3) is 0 Å². The number of nitrogens with zero attached hydrogens (tertiary/aromatic N) is 2. The van der Waals surface area contributed by atoms with Gasteiger partial charge < -0.3 is 0 Å². The average Bonchev–Trinajstić information content (AvgIpc) is 1.85. The molecule has 0 rings (SSSR count). The van der Waals surface area contributed by atoms with Crippen LogP contribution < -0.4 is 0 Å². The first-order valence-electron chi connectivity index (χ1n) is 3.69. The number of rotatable bonds is 3. The fraction of sp³-hybridized carbons (Fsp3) is 0.556. The molecule has 0 fully saturated rings. The monoisotopic (exact) mass is 152 g/mol. The molecule has 0 aromatic rings. The summed E-state index contributed by atoms with van der Waals surface area (Å²) in [6, 6.07) is 0. The first kappa shape index (κ1) is 10.1. The average molecular weight is 152 g/mol. The van der Waals surface area contributed by atoms with Crippen LogP contribution in [0.2, 0.25) is 0 Å². The molecule has 0 bridgehead atoms. The second-order valence-corrected chi connectivity index (χ2v) is 3.58. The molecule has 0 aliphatic carbocycles. The highest BCUT2D eigenvalue weighted by Crippen LogP contribution is 2.15. The highest BCUT2D eigenvalue weighted by molar-refractivity contribution is 5.58. The predicted molar refractivity (Wildman–Crippen MR) is 51.3 cm³/mol. The van der Waals surface area contributed by atoms with E-state index in [1.807, 2.05) is 6.21 Å². The van der Waals surface area contributed by atoms with Gasteiger partial charge in [0, 0.05) is 18.6 Å². The second kappa shape index (κ2) is 4.83. The fourth-order valence-electron chi connectivity index (χ4n) is 0.473. The Morgan fingerprint density at radius 3 is 2.36 bits per heavy atom. The van der Waals surface area contributed by atoms with Crippen LogP contribution in [0.1, 0.15) is 27.2 Å². The molecule has 11 heavy (non-hydrogen) atoms. The van der Waals surface area contributed by atoms with Crippen molar-refractivity contribution in [3.63, 3.8) is 0 Å². The third-order valence-electron chi connectivity index (χ3n) is 1.07. The van der Waals surface area contributed by atoms with Gasteiger partial charge in [0.05, 0.1) is 0 Å². The Morgan fingerprint density at radius 2 is 1.91 bits per heavy atom. The van der Waals surface area contributed by atoms with Crippen molar-refractivity contribution in [2.24, 2.45) is 15.4 Å². The molecule has 0 aromatic carbocycles. The highest BCUT2D eigenvalue weighted by atomic mass is 14.7. The Morgan fingerprint density at radius 1 is 1.27 bits per heavy atom. The van der Waals surface area contributed by atoms with E-state index < -0.39 is 0 Å². The predicted octanol–water partition coefficient (Wildman–Crippen LogP) is 2.67. The summed E-state index contributed by atoms with van der Waals surface area (Å²) >= 11 is 0. The van der Waals surface area contributed by atoms with E-state index >= 15 is 0 Å². The summed E-state index contributed by atoms with van der Waals surface area (Å²) < 4.78 is 0. The summed E-state index contributed by atoms with van der Waals surface area (Å²) in [4.78, 5) is 7.53. The van der Waals surface area contributed by atoms with E-state index in [0.717, 1.165) is 6.42 Å². The molecule has 0 atom stereocenters. The van der Waals surface area contributed by atoms with Crippen LogP contribution in [0.5, 0.6) is 0 Å². The van der Waals surface area contributed by atoms with Crippen LogP contribution in [0.3, 0.4) is 0 Å². The van der Waals surface area contributed by atoms with Gasteiger partial charge in [-0.2, -0.15) is 0 Å². The Bertz CT molecular complexity index is 161. The molecule has 0 aliphatic rings. The van der Waals surface area contributed by atoms with Crippen molar-refractivity contribution in [3.05, 3.63) is 12.4 Å². The molecule has 0 amide bonds. The molecular weight excluding hydrogens is 136 g/mol. The lowest BCUT2D eigenvalue weighted by molar-refractivity contribution is 0.437. The lowest BCUT2D eigenvalue weighted by Gasteiger charge is -2.13. The van der Waals surface area contributed by atoms with Crippen molar-refractivity contribution in [3.8, 4) is 0 Å². The standard InChI is InChI=1S/C9H16N2/c1-9(2,3)5-6-11-8-7-10-4/h6-8H,4-5H2,1-3H3/b8-7-,11-6?. The van der Waals surface area contributed by atoms with E-state index in [2.05, 4.69) is 37.5 Å². The van der Waals surface area contributed by atoms with Gasteiger partial charge in [-0.1, -0.05) is 20.8 Å². The molecule has 0 spiro atoms. The van der Waals surface area contributed by atoms with Gasteiger partial charge in [0.25, 0.3) is 0 Å². The Labute approximate surface area is 68.8 Å². The number of hydrogen-bond acceptors (Lipinski definition) is 2. The van der Waals surface area contributed by atoms with Gasteiger partial charge in [0.1, 0.15) is 0 Å². The molecule has 2 nitrogen and oxygen atoms in total. The Balaban J connectivity index is 3.61. The zero-order valence-electron chi connectivity index (χ0n) is 7.54. The van der Waals surface area contributed by atoms with E-state index in [1.54, 1.807) is 12.4 Å². The molecule has 0 radical (unpaired) electrons. The first-order chi connectivity index (χ1) is 5.06. The topological polar surface area (TPSA) is 24.7 Å². The van der Waals surface area contributed by atoms with E-state index in [1.165, 1.54) is 0 Å². The van der Waals surface area contributed by atoms with Gasteiger partial charge in [-0.15, -0.1) is 0 Å². The van der Waals surface area contributed by atoms with Gasteiger partial charge >= 0.3 is 0 Å². The van der Waals surface area contributed by atoms with Gasteiger partial charge in [0.2, 0.25) is 0 Å². The van der Waals surface area contributed by atoms with E-state index in [9.17, 15) is 0 Å². The van der Waals surface area contributed by atoms with Crippen LogP contribution in [0.4, 0.5) is 0 Å². The van der Waals surface area contributed by atoms with Crippen LogP contribution in [-0.2, 0) is 0 Å². The van der Waals surface area contributed by atoms with Crippen molar-refractivity contribution < 1.29 is 0 Å². The van der Waals surface area contributed by atoms with Gasteiger partial charge in [-0.25, -0.2) is 0 Å². The molecule has 0 aliphatic heterocycles. The molecule has 0 saturated heterocycles. The van der Waals surface area contributed by atoms with Crippen molar-refractivity contribution in [1.82, 2.24) is 0 Å². The molecule has 0 heterocycles. The molecule has 2 heteroatoms. The third-order valence-corrected chi connectivity index (χ3v) is 1.07. The van der Waals surface area contributed by atoms with Crippen LogP contribution in [0.15, 0.2) is 22.4 Å². The minimum atomic E-state index is 0.318. The van der Waals surface area contributed by atoms with E-state index in [4.69, 9.17) is 0 Å². The summed E-state index contributed by atoms with van der Waals surface area (Å²) in [5.74, 6) is 0. The smallest absolute Gasteiger partial charge is 0.0446 e. The minimum absolute atomic E-state index is 0.318. The van der Waals surface area contributed by atoms with Crippen molar-refractivity contribution in [2.45, 2.75) is 27.2 Å². The molecule has 0 unspecified atom stereocenters. The molecular formula is C9H16N2. The maximum atomic E-state index is 4.01. The van der Waals surface area contributed by atoms with Crippen molar-refractivity contribution in [2.75, 3.05) is 0 Å². The largest absolute Gasteiger partial charge is 0.271 e. The second-order valence-electron chi connectivity index (χ2n) is 3.58. The van der Waals surface area contributed by atoms with Crippen LogP contribution >= 0.6 is 0 Å². The van der Waals surface area contributed by atoms with Crippen LogP contribution in [0, 0.1) is 5.41 Å². The summed E-state index contributed by atoms with van der Waals surface area (Å²) in [6.07, 6.45) is 6.08. The third kappa shape index (κ3) is 9.08. The van der Waals surface area contributed by atoms with Crippen LogP contribution in [-0.4, -0.2) is 12.9 Å². The molecule has 0 N–H and O–H groups in total. The van der Waals surface area contributed by atoms with Gasteiger partial charge in [-0.3, -0.25) is 9.98 Å². The molecule has 0 aromatic heterocycles. The van der Waals surface area contributed by atoms with Gasteiger partial charge in [-0.05, 0) is 18.6 Å². The summed E-state index contributed by atoms with van der Waals surface area (Å²) in [7, 11) is 0. The Kier molecular flexibility index (Phi) is 4.42. The summed E-state index contributed by atoms with van der Waals surface area (Å²) in [5, 5.41) is 0. The highest BCUT2D eigenvalue weighted by Gasteiger charge is 2.06. The quantitative estimate of drug-likeness (QED) is 0.555. The lowest BCUT2D eigenvalue weighted by atomic mass is 9.93. The first-order valence-corrected chi connectivity index (χ1v) is 3.69. The minimum Gasteiger partial charge on any atom is -0.271 e. The SMILES string of the molecule is C=N/C=C\N=CCC(C)(C)C. The van der Waals surface area contributed by atoms with Crippen molar-refractivity contribution in [1.29, 1.82) is 0 Å². The zero-order valence-corrected chi connectivity index (χ0v) is 7.54. The maximum absolute atomic E-state index is 4.01. The lowest BCUT2D eigenvalue weighted by Crippen LogP contribution is -2.04. The molecule has 62 valence electrons. The zero-order chi connectivity index (χ0) is 8.74. The number of aliphatic imine (C=N–C) groups is 2. The fourth-order valence-corrected chi connectivity index (χ4v) is 0.473. The Hall–Kier alpha value is -0.920. The summed E-state index contributed by atoms with van der Waals surface area (Å²) in [6.45, 7) is 9.82. The van der Waals surface area contributed by atoms with Gasteiger partial charge in [0.15, 0.2) is 0 Å². The van der Waals surface area contributed by atoms with E-state index in [-0.39, 0.29) is 0 Å². The van der Waals surface area contributed by atoms with E-state index in [0.29, 0.717) is 5.41 Å². The summed E-state index contributed by atoms with van der Waals surface area (Å²) in [5.41, 5.74) is 0.318. The maximum Gasteiger partial charge on any atom is 0.0446 e. The number of hydrogen-bond donors (Lipinski definition) is 0.